The maximum atomic E-state index is 14.0. The lowest BCUT2D eigenvalue weighted by molar-refractivity contribution is 0.0470. The minimum absolute atomic E-state index is 0.120. The van der Waals surface area contributed by atoms with Crippen molar-refractivity contribution in [1.82, 2.24) is 4.98 Å². The van der Waals surface area contributed by atoms with Gasteiger partial charge in [-0.1, -0.05) is 48.5 Å². The molecule has 1 aliphatic rings. The monoisotopic (exact) mass is 439 g/mol. The number of pyridine rings is 1. The Hall–Kier alpha value is -3.99. The van der Waals surface area contributed by atoms with E-state index in [1.54, 1.807) is 25.3 Å². The Morgan fingerprint density at radius 1 is 1.00 bits per heavy atom. The highest BCUT2D eigenvalue weighted by molar-refractivity contribution is 6.07. The third-order valence-electron chi connectivity index (χ3n) is 5.92. The molecule has 0 spiro atoms. The van der Waals surface area contributed by atoms with Gasteiger partial charge in [-0.2, -0.15) is 0 Å². The summed E-state index contributed by atoms with van der Waals surface area (Å²) in [7, 11) is 1.64. The molecule has 1 aliphatic carbocycles. The first-order chi connectivity index (χ1) is 16.1. The number of allylic oxidation sites excluding steroid dienone is 1. The van der Waals surface area contributed by atoms with Gasteiger partial charge in [0, 0.05) is 10.9 Å². The molecule has 0 unspecified atom stereocenters. The normalized spacial score (nSPS) is 13.8. The van der Waals surface area contributed by atoms with Crippen LogP contribution in [0, 0.1) is 5.82 Å². The fourth-order valence-electron chi connectivity index (χ4n) is 4.24. The van der Waals surface area contributed by atoms with Gasteiger partial charge in [0.1, 0.15) is 18.2 Å². The Morgan fingerprint density at radius 2 is 1.76 bits per heavy atom. The van der Waals surface area contributed by atoms with E-state index in [0.717, 1.165) is 45.5 Å². The van der Waals surface area contributed by atoms with Crippen molar-refractivity contribution in [1.29, 1.82) is 0 Å². The summed E-state index contributed by atoms with van der Waals surface area (Å²) in [6.07, 6.45) is 3.57. The number of fused-ring (bicyclic) bond motifs is 2. The maximum absolute atomic E-state index is 14.0. The van der Waals surface area contributed by atoms with E-state index in [9.17, 15) is 9.18 Å². The molecule has 5 rings (SSSR count). The molecule has 0 saturated carbocycles. The molecule has 1 aromatic heterocycles. The number of hydrogen-bond donors (Lipinski definition) is 0. The minimum atomic E-state index is -0.459. The summed E-state index contributed by atoms with van der Waals surface area (Å²) in [6, 6.07) is 21.7. The third-order valence-corrected chi connectivity index (χ3v) is 5.92. The average molecular weight is 439 g/mol. The second-order valence-corrected chi connectivity index (χ2v) is 7.94. The molecule has 4 aromatic rings. The molecule has 0 radical (unpaired) electrons. The number of rotatable bonds is 5. The number of hydrogen-bond acceptors (Lipinski definition) is 4. The van der Waals surface area contributed by atoms with E-state index in [1.165, 1.54) is 6.07 Å². The van der Waals surface area contributed by atoms with Crippen LogP contribution in [0.4, 0.5) is 4.39 Å². The molecule has 0 fully saturated rings. The molecule has 164 valence electrons. The van der Waals surface area contributed by atoms with Crippen LogP contribution in [0.3, 0.4) is 0 Å². The van der Waals surface area contributed by atoms with Crippen LogP contribution >= 0.6 is 0 Å². The molecule has 1 heterocycles. The van der Waals surface area contributed by atoms with Gasteiger partial charge in [-0.3, -0.25) is 0 Å². The Bertz CT molecular complexity index is 1380. The van der Waals surface area contributed by atoms with Crippen LogP contribution in [-0.4, -0.2) is 18.1 Å². The zero-order valence-corrected chi connectivity index (χ0v) is 18.2. The minimum Gasteiger partial charge on any atom is -0.497 e. The Labute approximate surface area is 191 Å². The van der Waals surface area contributed by atoms with Crippen molar-refractivity contribution in [3.8, 4) is 5.75 Å². The summed E-state index contributed by atoms with van der Waals surface area (Å²) in [5, 5.41) is 0.750. The zero-order chi connectivity index (χ0) is 22.8. The zero-order valence-electron chi connectivity index (χ0n) is 18.2. The fourth-order valence-corrected chi connectivity index (χ4v) is 4.24. The Morgan fingerprint density at radius 3 is 2.55 bits per heavy atom. The van der Waals surface area contributed by atoms with Gasteiger partial charge >= 0.3 is 5.97 Å². The highest BCUT2D eigenvalue weighted by Gasteiger charge is 2.27. The summed E-state index contributed by atoms with van der Waals surface area (Å²) in [5.41, 5.74) is 5.42. The second-order valence-electron chi connectivity index (χ2n) is 7.94. The summed E-state index contributed by atoms with van der Waals surface area (Å²) >= 11 is 0. The van der Waals surface area contributed by atoms with E-state index in [0.29, 0.717) is 17.5 Å². The molecule has 0 bridgehead atoms. The van der Waals surface area contributed by atoms with Crippen molar-refractivity contribution in [3.05, 3.63) is 107 Å². The lowest BCUT2D eigenvalue weighted by atomic mass is 10.0. The molecular weight excluding hydrogens is 417 g/mol. The van der Waals surface area contributed by atoms with Gasteiger partial charge in [0.25, 0.3) is 0 Å². The highest BCUT2D eigenvalue weighted by Crippen LogP contribution is 2.38. The van der Waals surface area contributed by atoms with Crippen molar-refractivity contribution >= 4 is 28.5 Å². The van der Waals surface area contributed by atoms with Gasteiger partial charge in [0.05, 0.1) is 23.9 Å². The van der Waals surface area contributed by atoms with Crippen molar-refractivity contribution in [2.45, 2.75) is 19.4 Å². The van der Waals surface area contributed by atoms with Crippen molar-refractivity contribution < 1.29 is 18.7 Å². The topological polar surface area (TPSA) is 48.4 Å². The second kappa shape index (κ2) is 8.87. The SMILES string of the molecule is COc1ccc(C=C2CCc3c2nc2ccccc2c3C(=O)OCc2ccccc2F)cc1. The number of methoxy groups -OCH3 is 1. The van der Waals surface area contributed by atoms with E-state index in [-0.39, 0.29) is 12.4 Å². The standard InChI is InChI=1S/C28H22FNO3/c1-32-21-13-10-18(11-14-21)16-19-12-15-23-26(22-7-3-5-9-25(22)30-27(19)23)28(31)33-17-20-6-2-4-8-24(20)29/h2-11,13-14,16H,12,15,17H2,1H3. The number of nitrogens with zero attached hydrogens (tertiary/aromatic N) is 1. The van der Waals surface area contributed by atoms with Gasteiger partial charge in [-0.05, 0) is 59.9 Å². The Kier molecular flexibility index (Phi) is 5.61. The largest absolute Gasteiger partial charge is 0.497 e. The smallest absolute Gasteiger partial charge is 0.339 e. The van der Waals surface area contributed by atoms with E-state index >= 15 is 0 Å². The summed E-state index contributed by atoms with van der Waals surface area (Å²) in [6.45, 7) is -0.120. The molecule has 33 heavy (non-hydrogen) atoms. The molecule has 0 aliphatic heterocycles. The molecular formula is C28H22FNO3. The van der Waals surface area contributed by atoms with Crippen molar-refractivity contribution in [3.63, 3.8) is 0 Å². The van der Waals surface area contributed by atoms with Crippen LogP contribution < -0.4 is 4.74 Å². The van der Waals surface area contributed by atoms with Crippen LogP contribution in [0.2, 0.25) is 0 Å². The molecule has 0 N–H and O–H groups in total. The molecule has 0 saturated heterocycles. The van der Waals surface area contributed by atoms with Gasteiger partial charge in [-0.25, -0.2) is 14.2 Å². The van der Waals surface area contributed by atoms with Crippen LogP contribution in [0.25, 0.3) is 22.6 Å². The van der Waals surface area contributed by atoms with Crippen molar-refractivity contribution in [2.24, 2.45) is 0 Å². The van der Waals surface area contributed by atoms with Gasteiger partial charge in [0.2, 0.25) is 0 Å². The van der Waals surface area contributed by atoms with E-state index < -0.39 is 5.97 Å². The van der Waals surface area contributed by atoms with Gasteiger partial charge in [-0.15, -0.1) is 0 Å². The number of aromatic nitrogens is 1. The molecule has 0 atom stereocenters. The maximum Gasteiger partial charge on any atom is 0.339 e. The van der Waals surface area contributed by atoms with Crippen LogP contribution in [0.5, 0.6) is 5.75 Å². The number of benzene rings is 3. The highest BCUT2D eigenvalue weighted by atomic mass is 19.1. The van der Waals surface area contributed by atoms with Crippen LogP contribution in [0.15, 0.2) is 72.8 Å². The van der Waals surface area contributed by atoms with Gasteiger partial charge < -0.3 is 9.47 Å². The van der Waals surface area contributed by atoms with E-state index in [2.05, 4.69) is 6.08 Å². The number of carbonyl (C=O) groups is 1. The quantitative estimate of drug-likeness (QED) is 0.346. The number of ether oxygens (including phenoxy) is 2. The first kappa shape index (κ1) is 20.9. The first-order valence-corrected chi connectivity index (χ1v) is 10.8. The lowest BCUT2D eigenvalue weighted by Crippen LogP contribution is -2.11. The summed E-state index contributed by atoms with van der Waals surface area (Å²) in [5.74, 6) is -0.0494. The number of para-hydroxylation sites is 1. The van der Waals surface area contributed by atoms with Gasteiger partial charge in [0.15, 0.2) is 0 Å². The summed E-state index contributed by atoms with van der Waals surface area (Å²) in [4.78, 5) is 18.1. The van der Waals surface area contributed by atoms with Crippen molar-refractivity contribution in [2.75, 3.05) is 7.11 Å². The van der Waals surface area contributed by atoms with E-state index in [1.807, 2.05) is 48.5 Å². The summed E-state index contributed by atoms with van der Waals surface area (Å²) < 4.78 is 24.8. The third kappa shape index (κ3) is 4.10. The lowest BCUT2D eigenvalue weighted by Gasteiger charge is -2.13. The number of halogens is 1. The average Bonchev–Trinajstić information content (AvgIpc) is 3.24. The molecule has 3 aromatic carbocycles. The number of esters is 1. The van der Waals surface area contributed by atoms with Crippen LogP contribution in [-0.2, 0) is 17.8 Å². The Balaban J connectivity index is 1.53. The first-order valence-electron chi connectivity index (χ1n) is 10.8. The van der Waals surface area contributed by atoms with Crippen LogP contribution in [0.1, 0.15) is 39.2 Å². The predicted molar refractivity (Wildman–Crippen MR) is 126 cm³/mol. The molecule has 0 amide bonds. The molecule has 4 nitrogen and oxygen atoms in total. The number of carbonyl (C=O) groups excluding carboxylic acids is 1. The predicted octanol–water partition coefficient (Wildman–Crippen LogP) is 6.23. The molecule has 5 heteroatoms. The fraction of sp³-hybridized carbons (Fsp3) is 0.143. The van der Waals surface area contributed by atoms with E-state index in [4.69, 9.17) is 14.5 Å².